The Labute approximate surface area is 172 Å². The molecule has 5 rings (SSSR count). The Kier molecular flexibility index (Phi) is 4.91. The molecule has 2 aromatic carbocycles. The summed E-state index contributed by atoms with van der Waals surface area (Å²) in [6.07, 6.45) is 1.93. The maximum atomic E-state index is 12.8. The number of amides is 1. The van der Waals surface area contributed by atoms with Gasteiger partial charge in [-0.25, -0.2) is 4.98 Å². The Bertz CT molecular complexity index is 1110. The van der Waals surface area contributed by atoms with Gasteiger partial charge in [0.2, 0.25) is 0 Å². The molecule has 0 bridgehead atoms. The van der Waals surface area contributed by atoms with Gasteiger partial charge in [0.05, 0.1) is 10.2 Å². The van der Waals surface area contributed by atoms with Gasteiger partial charge in [0.25, 0.3) is 5.91 Å². The van der Waals surface area contributed by atoms with Gasteiger partial charge in [-0.05, 0) is 36.4 Å². The highest BCUT2D eigenvalue weighted by Crippen LogP contribution is 2.23. The number of nitrogens with one attached hydrogen (secondary N) is 1. The number of aromatic nitrogens is 2. The zero-order valence-corrected chi connectivity index (χ0v) is 16.8. The molecule has 1 aliphatic heterocycles. The summed E-state index contributed by atoms with van der Waals surface area (Å²) >= 11 is 1.47. The maximum Gasteiger partial charge on any atom is 0.282 e. The SMILES string of the molecule is O=C(c1nc2ccccc2s1)N1CCN(CCOc2ccc3[nH]ccc3c2)CC1. The first-order valence-corrected chi connectivity index (χ1v) is 10.6. The van der Waals surface area contributed by atoms with Crippen LogP contribution in [0.15, 0.2) is 54.7 Å². The quantitative estimate of drug-likeness (QED) is 0.550. The summed E-state index contributed by atoms with van der Waals surface area (Å²) in [7, 11) is 0. The number of ether oxygens (including phenoxy) is 1. The summed E-state index contributed by atoms with van der Waals surface area (Å²) in [5.41, 5.74) is 2.01. The van der Waals surface area contributed by atoms with E-state index in [0.29, 0.717) is 11.6 Å². The number of hydrogen-bond acceptors (Lipinski definition) is 5. The van der Waals surface area contributed by atoms with Crippen LogP contribution in [-0.2, 0) is 0 Å². The van der Waals surface area contributed by atoms with E-state index < -0.39 is 0 Å². The van der Waals surface area contributed by atoms with Crippen LogP contribution in [0, 0.1) is 0 Å². The number of carbonyl (C=O) groups is 1. The number of piperazine rings is 1. The molecule has 0 saturated carbocycles. The molecular weight excluding hydrogens is 384 g/mol. The van der Waals surface area contributed by atoms with Gasteiger partial charge in [-0.3, -0.25) is 9.69 Å². The van der Waals surface area contributed by atoms with Crippen molar-refractivity contribution >= 4 is 38.4 Å². The van der Waals surface area contributed by atoms with E-state index >= 15 is 0 Å². The molecule has 148 valence electrons. The van der Waals surface area contributed by atoms with Crippen LogP contribution in [0.4, 0.5) is 0 Å². The molecule has 2 aromatic heterocycles. The predicted octanol–water partition coefficient (Wildman–Crippen LogP) is 3.61. The molecule has 1 saturated heterocycles. The molecule has 6 nitrogen and oxygen atoms in total. The fraction of sp³-hybridized carbons (Fsp3) is 0.273. The van der Waals surface area contributed by atoms with Crippen LogP contribution in [0.3, 0.4) is 0 Å². The molecule has 1 aliphatic rings. The van der Waals surface area contributed by atoms with Crippen molar-refractivity contribution in [3.05, 3.63) is 59.7 Å². The van der Waals surface area contributed by atoms with Gasteiger partial charge in [0.15, 0.2) is 5.01 Å². The van der Waals surface area contributed by atoms with Crippen molar-refractivity contribution in [3.63, 3.8) is 0 Å². The molecular formula is C22H22N4O2S. The summed E-state index contributed by atoms with van der Waals surface area (Å²) in [6.45, 7) is 4.66. The van der Waals surface area contributed by atoms with E-state index in [1.165, 1.54) is 11.3 Å². The standard InChI is InChI=1S/C22H22N4O2S/c27-22(21-24-19-3-1-2-4-20(19)29-21)26-11-9-25(10-12-26)13-14-28-17-5-6-18-16(15-17)7-8-23-18/h1-8,15,23H,9-14H2. The molecule has 0 aliphatic carbocycles. The molecule has 0 spiro atoms. The van der Waals surface area contributed by atoms with Gasteiger partial charge in [0, 0.05) is 49.8 Å². The smallest absolute Gasteiger partial charge is 0.282 e. The van der Waals surface area contributed by atoms with Crippen molar-refractivity contribution in [3.8, 4) is 5.75 Å². The van der Waals surface area contributed by atoms with Crippen molar-refractivity contribution in [2.75, 3.05) is 39.3 Å². The minimum absolute atomic E-state index is 0.0434. The third-order valence-electron chi connectivity index (χ3n) is 5.34. The summed E-state index contributed by atoms with van der Waals surface area (Å²) in [5.74, 6) is 0.934. The number of para-hydroxylation sites is 1. The minimum Gasteiger partial charge on any atom is -0.492 e. The Balaban J connectivity index is 1.11. The first-order chi connectivity index (χ1) is 14.3. The second-order valence-corrected chi connectivity index (χ2v) is 8.23. The van der Waals surface area contributed by atoms with Crippen LogP contribution < -0.4 is 4.74 Å². The monoisotopic (exact) mass is 406 g/mol. The van der Waals surface area contributed by atoms with E-state index in [1.54, 1.807) is 0 Å². The molecule has 1 fully saturated rings. The van der Waals surface area contributed by atoms with Crippen molar-refractivity contribution in [2.45, 2.75) is 0 Å². The van der Waals surface area contributed by atoms with E-state index in [4.69, 9.17) is 4.74 Å². The molecule has 1 N–H and O–H groups in total. The van der Waals surface area contributed by atoms with E-state index in [9.17, 15) is 4.79 Å². The lowest BCUT2D eigenvalue weighted by Crippen LogP contribution is -2.49. The second-order valence-electron chi connectivity index (χ2n) is 7.20. The Morgan fingerprint density at radius 1 is 1.10 bits per heavy atom. The van der Waals surface area contributed by atoms with Crippen LogP contribution >= 0.6 is 11.3 Å². The molecule has 7 heteroatoms. The first kappa shape index (κ1) is 18.1. The summed E-state index contributed by atoms with van der Waals surface area (Å²) in [6, 6.07) is 16.0. The van der Waals surface area contributed by atoms with Gasteiger partial charge in [-0.15, -0.1) is 11.3 Å². The largest absolute Gasteiger partial charge is 0.492 e. The summed E-state index contributed by atoms with van der Waals surface area (Å²) < 4.78 is 6.98. The highest BCUT2D eigenvalue weighted by Gasteiger charge is 2.24. The summed E-state index contributed by atoms with van der Waals surface area (Å²) in [5, 5.41) is 1.74. The number of H-pyrrole nitrogens is 1. The van der Waals surface area contributed by atoms with Gasteiger partial charge >= 0.3 is 0 Å². The Hall–Kier alpha value is -2.90. The average Bonchev–Trinajstić information content (AvgIpc) is 3.40. The van der Waals surface area contributed by atoms with Gasteiger partial charge < -0.3 is 14.6 Å². The van der Waals surface area contributed by atoms with Crippen LogP contribution in [0.5, 0.6) is 5.75 Å². The van der Waals surface area contributed by atoms with Gasteiger partial charge in [0.1, 0.15) is 12.4 Å². The number of hydrogen-bond donors (Lipinski definition) is 1. The topological polar surface area (TPSA) is 61.5 Å². The third kappa shape index (κ3) is 3.83. The number of benzene rings is 2. The first-order valence-electron chi connectivity index (χ1n) is 9.83. The fourth-order valence-corrected chi connectivity index (χ4v) is 4.62. The highest BCUT2D eigenvalue weighted by atomic mass is 32.1. The number of fused-ring (bicyclic) bond motifs is 2. The number of thiazole rings is 1. The van der Waals surface area contributed by atoms with Crippen molar-refractivity contribution in [2.24, 2.45) is 0 Å². The zero-order valence-electron chi connectivity index (χ0n) is 16.0. The van der Waals surface area contributed by atoms with Crippen LogP contribution in [0.2, 0.25) is 0 Å². The second kappa shape index (κ2) is 7.85. The van der Waals surface area contributed by atoms with E-state index in [1.807, 2.05) is 53.6 Å². The van der Waals surface area contributed by atoms with Gasteiger partial charge in [-0.2, -0.15) is 0 Å². The van der Waals surface area contributed by atoms with E-state index in [2.05, 4.69) is 20.9 Å². The Morgan fingerprint density at radius 3 is 2.83 bits per heavy atom. The van der Waals surface area contributed by atoms with Gasteiger partial charge in [-0.1, -0.05) is 12.1 Å². The number of nitrogens with zero attached hydrogens (tertiary/aromatic N) is 3. The fourth-order valence-electron chi connectivity index (χ4n) is 3.69. The molecule has 1 amide bonds. The van der Waals surface area contributed by atoms with Crippen LogP contribution in [-0.4, -0.2) is 65.0 Å². The third-order valence-corrected chi connectivity index (χ3v) is 6.36. The van der Waals surface area contributed by atoms with E-state index in [-0.39, 0.29) is 5.91 Å². The van der Waals surface area contributed by atoms with Crippen molar-refractivity contribution in [1.82, 2.24) is 19.8 Å². The zero-order chi connectivity index (χ0) is 19.6. The predicted molar refractivity (Wildman–Crippen MR) is 116 cm³/mol. The van der Waals surface area contributed by atoms with Crippen LogP contribution in [0.1, 0.15) is 9.80 Å². The minimum atomic E-state index is 0.0434. The molecule has 4 aromatic rings. The Morgan fingerprint density at radius 2 is 1.97 bits per heavy atom. The molecule has 3 heterocycles. The molecule has 0 unspecified atom stereocenters. The summed E-state index contributed by atoms with van der Waals surface area (Å²) in [4.78, 5) is 24.7. The molecule has 0 atom stereocenters. The molecule has 0 radical (unpaired) electrons. The lowest BCUT2D eigenvalue weighted by molar-refractivity contribution is 0.0620. The number of carbonyl (C=O) groups excluding carboxylic acids is 1. The average molecular weight is 407 g/mol. The maximum absolute atomic E-state index is 12.8. The lowest BCUT2D eigenvalue weighted by Gasteiger charge is -2.34. The molecule has 29 heavy (non-hydrogen) atoms. The van der Waals surface area contributed by atoms with Crippen LogP contribution in [0.25, 0.3) is 21.1 Å². The normalized spacial score (nSPS) is 15.2. The lowest BCUT2D eigenvalue weighted by atomic mass is 10.2. The number of rotatable bonds is 5. The van der Waals surface area contributed by atoms with Crippen molar-refractivity contribution < 1.29 is 9.53 Å². The van der Waals surface area contributed by atoms with Crippen molar-refractivity contribution in [1.29, 1.82) is 0 Å². The van der Waals surface area contributed by atoms with E-state index in [0.717, 1.165) is 59.6 Å². The number of aromatic amines is 1. The highest BCUT2D eigenvalue weighted by molar-refractivity contribution is 7.20.